The molecule has 3 aromatic rings. The van der Waals surface area contributed by atoms with Gasteiger partial charge < -0.3 is 9.88 Å². The smallest absolute Gasteiger partial charge is 0.273 e. The van der Waals surface area contributed by atoms with Gasteiger partial charge in [-0.25, -0.2) is 0 Å². The highest BCUT2D eigenvalue weighted by atomic mass is 35.5. The maximum Gasteiger partial charge on any atom is 0.273 e. The van der Waals surface area contributed by atoms with E-state index in [1.807, 2.05) is 54.1 Å². The number of amides is 1. The summed E-state index contributed by atoms with van der Waals surface area (Å²) in [6.45, 7) is 0.823. The molecular formula is C24H28ClN3O. The van der Waals surface area contributed by atoms with Crippen LogP contribution in [-0.4, -0.2) is 28.5 Å². The number of nitrogens with one attached hydrogen (secondary N) is 1. The molecule has 1 aliphatic carbocycles. The van der Waals surface area contributed by atoms with E-state index in [2.05, 4.69) is 23.3 Å². The van der Waals surface area contributed by atoms with Gasteiger partial charge in [0, 0.05) is 36.2 Å². The van der Waals surface area contributed by atoms with E-state index in [1.54, 1.807) is 0 Å². The van der Waals surface area contributed by atoms with Crippen molar-refractivity contribution in [1.82, 2.24) is 9.47 Å². The van der Waals surface area contributed by atoms with Gasteiger partial charge in [-0.1, -0.05) is 67.3 Å². The van der Waals surface area contributed by atoms with Crippen molar-refractivity contribution in [3.05, 3.63) is 64.8 Å². The minimum absolute atomic E-state index is 0.179. The molecule has 0 unspecified atom stereocenters. The second kappa shape index (κ2) is 8.60. The van der Waals surface area contributed by atoms with Crippen LogP contribution in [0.2, 0.25) is 5.02 Å². The molecule has 4 nitrogen and oxygen atoms in total. The third-order valence-corrected chi connectivity index (χ3v) is 6.53. The SMILES string of the molecule is CN(Cc1ccccc1NC(=O)c1c(Cl)c2ccccc2n1C)C1CCCCC1. The number of anilines is 1. The summed E-state index contributed by atoms with van der Waals surface area (Å²) >= 11 is 6.56. The molecule has 1 fully saturated rings. The number of rotatable bonds is 5. The van der Waals surface area contributed by atoms with Crippen molar-refractivity contribution in [2.45, 2.75) is 44.7 Å². The topological polar surface area (TPSA) is 37.3 Å². The molecular weight excluding hydrogens is 382 g/mol. The number of fused-ring (bicyclic) bond motifs is 1. The van der Waals surface area contributed by atoms with Crippen molar-refractivity contribution in [1.29, 1.82) is 0 Å². The zero-order valence-corrected chi connectivity index (χ0v) is 17.9. The van der Waals surface area contributed by atoms with Gasteiger partial charge >= 0.3 is 0 Å². The predicted molar refractivity (Wildman–Crippen MR) is 121 cm³/mol. The fraction of sp³-hybridized carbons (Fsp3) is 0.375. The van der Waals surface area contributed by atoms with E-state index in [1.165, 1.54) is 32.1 Å². The van der Waals surface area contributed by atoms with Crippen LogP contribution >= 0.6 is 11.6 Å². The highest BCUT2D eigenvalue weighted by Gasteiger charge is 2.22. The van der Waals surface area contributed by atoms with Crippen LogP contribution in [0.4, 0.5) is 5.69 Å². The van der Waals surface area contributed by atoms with Crippen molar-refractivity contribution in [2.75, 3.05) is 12.4 Å². The van der Waals surface area contributed by atoms with E-state index in [0.717, 1.165) is 28.7 Å². The molecule has 0 atom stereocenters. The summed E-state index contributed by atoms with van der Waals surface area (Å²) in [5.41, 5.74) is 3.42. The summed E-state index contributed by atoms with van der Waals surface area (Å²) in [4.78, 5) is 15.6. The highest BCUT2D eigenvalue weighted by molar-refractivity contribution is 6.39. The zero-order chi connectivity index (χ0) is 20.4. The van der Waals surface area contributed by atoms with Gasteiger partial charge in [0.15, 0.2) is 0 Å². The molecule has 0 radical (unpaired) electrons. The van der Waals surface area contributed by atoms with E-state index < -0.39 is 0 Å². The number of para-hydroxylation sites is 2. The molecule has 152 valence electrons. The molecule has 0 spiro atoms. The fourth-order valence-corrected chi connectivity index (χ4v) is 4.85. The summed E-state index contributed by atoms with van der Waals surface area (Å²) in [6, 6.07) is 16.5. The summed E-state index contributed by atoms with van der Waals surface area (Å²) in [7, 11) is 4.07. The second-order valence-corrected chi connectivity index (χ2v) is 8.43. The summed E-state index contributed by atoms with van der Waals surface area (Å²) < 4.78 is 1.86. The lowest BCUT2D eigenvalue weighted by Gasteiger charge is -2.31. The number of aryl methyl sites for hydroxylation is 1. The average molecular weight is 410 g/mol. The molecule has 1 amide bonds. The van der Waals surface area contributed by atoms with E-state index >= 15 is 0 Å². The molecule has 4 rings (SSSR count). The molecule has 0 aliphatic heterocycles. The van der Waals surface area contributed by atoms with Crippen molar-refractivity contribution in [3.63, 3.8) is 0 Å². The third-order valence-electron chi connectivity index (χ3n) is 6.14. The Balaban J connectivity index is 1.56. The van der Waals surface area contributed by atoms with Crippen LogP contribution < -0.4 is 5.32 Å². The molecule has 1 saturated carbocycles. The Bertz CT molecular complexity index is 981. The van der Waals surface area contributed by atoms with Gasteiger partial charge in [-0.05, 0) is 37.6 Å². The third kappa shape index (κ3) is 4.05. The van der Waals surface area contributed by atoms with Gasteiger partial charge in [0.25, 0.3) is 5.91 Å². The minimum Gasteiger partial charge on any atom is -0.338 e. The fourth-order valence-electron chi connectivity index (χ4n) is 4.48. The maximum atomic E-state index is 13.1. The monoisotopic (exact) mass is 409 g/mol. The lowest BCUT2D eigenvalue weighted by molar-refractivity contribution is 0.101. The molecule has 0 bridgehead atoms. The summed E-state index contributed by atoms with van der Waals surface area (Å²) in [5, 5.41) is 4.50. The summed E-state index contributed by atoms with van der Waals surface area (Å²) in [5.74, 6) is -0.179. The van der Waals surface area contributed by atoms with E-state index in [4.69, 9.17) is 11.6 Å². The number of nitrogens with zero attached hydrogens (tertiary/aromatic N) is 2. The van der Waals surface area contributed by atoms with E-state index in [-0.39, 0.29) is 5.91 Å². The van der Waals surface area contributed by atoms with Gasteiger partial charge in [0.05, 0.1) is 5.02 Å². The van der Waals surface area contributed by atoms with Crippen LogP contribution in [0.25, 0.3) is 10.9 Å². The van der Waals surface area contributed by atoms with Crippen LogP contribution in [0, 0.1) is 0 Å². The van der Waals surface area contributed by atoms with Gasteiger partial charge in [0.1, 0.15) is 5.69 Å². The Labute approximate surface area is 177 Å². The Hall–Kier alpha value is -2.30. The van der Waals surface area contributed by atoms with Crippen LogP contribution in [0.15, 0.2) is 48.5 Å². The van der Waals surface area contributed by atoms with Crippen molar-refractivity contribution in [3.8, 4) is 0 Å². The Morgan fingerprint density at radius 2 is 1.79 bits per heavy atom. The molecule has 5 heteroatoms. The van der Waals surface area contributed by atoms with Crippen molar-refractivity contribution < 1.29 is 4.79 Å². The minimum atomic E-state index is -0.179. The van der Waals surface area contributed by atoms with Crippen LogP contribution in [0.3, 0.4) is 0 Å². The number of benzene rings is 2. The first-order chi connectivity index (χ1) is 14.1. The average Bonchev–Trinajstić information content (AvgIpc) is 3.00. The molecule has 2 aromatic carbocycles. The number of carbonyl (C=O) groups excluding carboxylic acids is 1. The summed E-state index contributed by atoms with van der Waals surface area (Å²) in [6.07, 6.45) is 6.50. The van der Waals surface area contributed by atoms with E-state index in [9.17, 15) is 4.79 Å². The number of halogens is 1. The highest BCUT2D eigenvalue weighted by Crippen LogP contribution is 2.31. The van der Waals surface area contributed by atoms with Gasteiger partial charge in [-0.2, -0.15) is 0 Å². The first kappa shape index (κ1) is 20.0. The van der Waals surface area contributed by atoms with Crippen molar-refractivity contribution >= 4 is 34.1 Å². The quantitative estimate of drug-likeness (QED) is 0.574. The first-order valence-electron chi connectivity index (χ1n) is 10.4. The van der Waals surface area contributed by atoms with Crippen molar-refractivity contribution in [2.24, 2.45) is 7.05 Å². The molecule has 1 aromatic heterocycles. The molecule has 1 N–H and O–H groups in total. The second-order valence-electron chi connectivity index (χ2n) is 8.06. The van der Waals surface area contributed by atoms with E-state index in [0.29, 0.717) is 16.8 Å². The van der Waals surface area contributed by atoms with Crippen LogP contribution in [-0.2, 0) is 13.6 Å². The Morgan fingerprint density at radius 1 is 1.10 bits per heavy atom. The number of carbonyl (C=O) groups is 1. The number of hydrogen-bond acceptors (Lipinski definition) is 2. The normalized spacial score (nSPS) is 15.2. The number of hydrogen-bond donors (Lipinski definition) is 1. The lowest BCUT2D eigenvalue weighted by atomic mass is 9.94. The van der Waals surface area contributed by atoms with Gasteiger partial charge in [-0.3, -0.25) is 9.69 Å². The largest absolute Gasteiger partial charge is 0.338 e. The predicted octanol–water partition coefficient (Wildman–Crippen LogP) is 5.85. The zero-order valence-electron chi connectivity index (χ0n) is 17.1. The Morgan fingerprint density at radius 3 is 2.55 bits per heavy atom. The van der Waals surface area contributed by atoms with Crippen LogP contribution in [0.1, 0.15) is 48.2 Å². The Kier molecular flexibility index (Phi) is 5.93. The molecule has 29 heavy (non-hydrogen) atoms. The maximum absolute atomic E-state index is 13.1. The molecule has 0 saturated heterocycles. The van der Waals surface area contributed by atoms with Crippen LogP contribution in [0.5, 0.6) is 0 Å². The van der Waals surface area contributed by atoms with Gasteiger partial charge in [0.2, 0.25) is 0 Å². The first-order valence-corrected chi connectivity index (χ1v) is 10.8. The lowest BCUT2D eigenvalue weighted by Crippen LogP contribution is -2.33. The standard InChI is InChI=1S/C24H28ClN3O/c1-27(18-11-4-3-5-12-18)16-17-10-6-8-14-20(17)26-24(29)23-22(25)19-13-7-9-15-21(19)28(23)2/h6-10,13-15,18H,3-5,11-12,16H2,1-2H3,(H,26,29). The molecule has 1 heterocycles. The van der Waals surface area contributed by atoms with Gasteiger partial charge in [-0.15, -0.1) is 0 Å². The molecule has 1 aliphatic rings. The number of aromatic nitrogens is 1.